The number of anilines is 2. The van der Waals surface area contributed by atoms with Gasteiger partial charge in [-0.25, -0.2) is 14.8 Å². The summed E-state index contributed by atoms with van der Waals surface area (Å²) in [5.41, 5.74) is 1.45. The molecule has 0 unspecified atom stereocenters. The number of hydrogen-bond donors (Lipinski definition) is 2. The maximum Gasteiger partial charge on any atom is 0.335 e. The average molecular weight is 324 g/mol. The zero-order chi connectivity index (χ0) is 16.9. The fourth-order valence-corrected chi connectivity index (χ4v) is 2.42. The number of hydrogen-bond acceptors (Lipinski definition) is 5. The van der Waals surface area contributed by atoms with Gasteiger partial charge in [-0.1, -0.05) is 6.08 Å². The van der Waals surface area contributed by atoms with Crippen molar-refractivity contribution in [3.63, 3.8) is 0 Å². The molecule has 1 aromatic carbocycles. The van der Waals surface area contributed by atoms with Gasteiger partial charge in [0.1, 0.15) is 0 Å². The topological polar surface area (TPSA) is 95.4 Å². The molecule has 1 amide bonds. The molecule has 0 radical (unpaired) electrons. The van der Waals surface area contributed by atoms with E-state index in [9.17, 15) is 9.59 Å². The van der Waals surface area contributed by atoms with Crippen LogP contribution in [-0.2, 0) is 4.79 Å². The first kappa shape index (κ1) is 15.7. The molecule has 2 N–H and O–H groups in total. The van der Waals surface area contributed by atoms with Crippen LogP contribution in [0.2, 0.25) is 0 Å². The maximum atomic E-state index is 12.3. The highest BCUT2D eigenvalue weighted by Crippen LogP contribution is 2.17. The van der Waals surface area contributed by atoms with Gasteiger partial charge >= 0.3 is 5.97 Å². The number of amides is 1. The fourth-order valence-electron chi connectivity index (χ4n) is 2.42. The van der Waals surface area contributed by atoms with Gasteiger partial charge in [0.05, 0.1) is 5.56 Å². The molecule has 0 spiro atoms. The Morgan fingerprint density at radius 3 is 2.42 bits per heavy atom. The van der Waals surface area contributed by atoms with Crippen molar-refractivity contribution in [1.29, 1.82) is 0 Å². The number of aromatic carboxylic acids is 1. The van der Waals surface area contributed by atoms with E-state index in [1.54, 1.807) is 30.6 Å². The van der Waals surface area contributed by atoms with E-state index in [4.69, 9.17) is 5.11 Å². The Kier molecular flexibility index (Phi) is 4.51. The molecule has 0 bridgehead atoms. The molecular weight excluding hydrogens is 308 g/mol. The van der Waals surface area contributed by atoms with Crippen LogP contribution in [0.4, 0.5) is 11.6 Å². The molecule has 24 heavy (non-hydrogen) atoms. The predicted molar refractivity (Wildman–Crippen MR) is 89.0 cm³/mol. The van der Waals surface area contributed by atoms with Crippen LogP contribution in [0.3, 0.4) is 0 Å². The van der Waals surface area contributed by atoms with E-state index < -0.39 is 5.97 Å². The summed E-state index contributed by atoms with van der Waals surface area (Å²) in [6, 6.07) is 7.84. The lowest BCUT2D eigenvalue weighted by molar-refractivity contribution is -0.113. The van der Waals surface area contributed by atoms with Crippen molar-refractivity contribution < 1.29 is 14.7 Å². The smallest absolute Gasteiger partial charge is 0.335 e. The molecule has 2 aromatic rings. The number of carbonyl (C=O) groups is 2. The van der Waals surface area contributed by atoms with Crippen LogP contribution in [0, 0.1) is 0 Å². The van der Waals surface area contributed by atoms with Gasteiger partial charge in [0, 0.05) is 36.7 Å². The molecule has 1 aromatic heterocycles. The van der Waals surface area contributed by atoms with E-state index >= 15 is 0 Å². The van der Waals surface area contributed by atoms with E-state index in [1.165, 1.54) is 12.1 Å². The highest BCUT2D eigenvalue weighted by molar-refractivity contribution is 6.04. The molecule has 122 valence electrons. The highest BCUT2D eigenvalue weighted by atomic mass is 16.4. The Balaban J connectivity index is 1.62. The van der Waals surface area contributed by atoms with Gasteiger partial charge in [0.15, 0.2) is 0 Å². The first-order chi connectivity index (χ1) is 11.6. The number of rotatable bonds is 4. The summed E-state index contributed by atoms with van der Waals surface area (Å²) < 4.78 is 0. The number of nitrogens with one attached hydrogen (secondary N) is 1. The molecule has 0 saturated carbocycles. The number of carboxylic acids is 1. The molecular formula is C17H16N4O3. The molecule has 0 saturated heterocycles. The van der Waals surface area contributed by atoms with E-state index in [2.05, 4.69) is 15.3 Å². The van der Waals surface area contributed by atoms with Crippen molar-refractivity contribution in [3.05, 3.63) is 59.9 Å². The summed E-state index contributed by atoms with van der Waals surface area (Å²) in [6.07, 6.45) is 5.84. The minimum Gasteiger partial charge on any atom is -0.478 e. The van der Waals surface area contributed by atoms with Gasteiger partial charge in [-0.15, -0.1) is 0 Å². The third kappa shape index (κ3) is 3.57. The van der Waals surface area contributed by atoms with Gasteiger partial charge in [-0.3, -0.25) is 4.79 Å². The lowest BCUT2D eigenvalue weighted by Gasteiger charge is -2.25. The second-order valence-electron chi connectivity index (χ2n) is 5.31. The van der Waals surface area contributed by atoms with Gasteiger partial charge in [-0.05, 0) is 36.8 Å². The summed E-state index contributed by atoms with van der Waals surface area (Å²) in [5, 5.41) is 11.7. The van der Waals surface area contributed by atoms with Crippen molar-refractivity contribution >= 4 is 23.5 Å². The average Bonchev–Trinajstić information content (AvgIpc) is 2.63. The van der Waals surface area contributed by atoms with E-state index in [0.717, 1.165) is 0 Å². The Hall–Kier alpha value is -3.22. The summed E-state index contributed by atoms with van der Waals surface area (Å²) in [4.78, 5) is 33.5. The first-order valence-electron chi connectivity index (χ1n) is 7.49. The van der Waals surface area contributed by atoms with Crippen LogP contribution in [0.15, 0.2) is 54.4 Å². The van der Waals surface area contributed by atoms with Gasteiger partial charge in [-0.2, -0.15) is 0 Å². The number of carboxylic acid groups (broad SMARTS) is 1. The minimum absolute atomic E-state index is 0.174. The zero-order valence-electron chi connectivity index (χ0n) is 12.8. The van der Waals surface area contributed by atoms with Crippen LogP contribution in [0.5, 0.6) is 0 Å². The molecule has 7 nitrogen and oxygen atoms in total. The van der Waals surface area contributed by atoms with E-state index in [-0.39, 0.29) is 11.5 Å². The maximum absolute atomic E-state index is 12.3. The Morgan fingerprint density at radius 1 is 1.12 bits per heavy atom. The van der Waals surface area contributed by atoms with Crippen LogP contribution >= 0.6 is 0 Å². The van der Waals surface area contributed by atoms with Gasteiger partial charge in [0.25, 0.3) is 5.91 Å². The SMILES string of the molecule is O=C(Nc1ccc(C(=O)O)cc1)C1=CCN(c2ncccn2)CC1. The lowest BCUT2D eigenvalue weighted by Crippen LogP contribution is -2.32. The first-order valence-corrected chi connectivity index (χ1v) is 7.49. The number of aromatic nitrogens is 2. The van der Waals surface area contributed by atoms with Crippen molar-refractivity contribution in [3.8, 4) is 0 Å². The van der Waals surface area contributed by atoms with Crippen LogP contribution in [0.25, 0.3) is 0 Å². The Morgan fingerprint density at radius 2 is 1.83 bits per heavy atom. The second-order valence-corrected chi connectivity index (χ2v) is 5.31. The number of carbonyl (C=O) groups excluding carboxylic acids is 1. The Labute approximate surface area is 138 Å². The summed E-state index contributed by atoms with van der Waals surface area (Å²) >= 11 is 0. The third-order valence-corrected chi connectivity index (χ3v) is 3.73. The zero-order valence-corrected chi connectivity index (χ0v) is 12.8. The van der Waals surface area contributed by atoms with Crippen molar-refractivity contribution in [2.24, 2.45) is 0 Å². The molecule has 7 heteroatoms. The second kappa shape index (κ2) is 6.91. The van der Waals surface area contributed by atoms with E-state index in [0.29, 0.717) is 36.7 Å². The van der Waals surface area contributed by atoms with Crippen molar-refractivity contribution in [2.45, 2.75) is 6.42 Å². The third-order valence-electron chi connectivity index (χ3n) is 3.73. The fraction of sp³-hybridized carbons (Fsp3) is 0.176. The van der Waals surface area contributed by atoms with E-state index in [1.807, 2.05) is 11.0 Å². The molecule has 0 fully saturated rings. The summed E-state index contributed by atoms with van der Waals surface area (Å²) in [7, 11) is 0. The lowest BCUT2D eigenvalue weighted by atomic mass is 10.1. The molecule has 0 atom stereocenters. The highest BCUT2D eigenvalue weighted by Gasteiger charge is 2.18. The molecule has 2 heterocycles. The van der Waals surface area contributed by atoms with Crippen molar-refractivity contribution in [2.75, 3.05) is 23.3 Å². The molecule has 3 rings (SSSR count). The normalized spacial score (nSPS) is 14.0. The number of benzene rings is 1. The van der Waals surface area contributed by atoms with Gasteiger partial charge in [0.2, 0.25) is 5.95 Å². The quantitative estimate of drug-likeness (QED) is 0.892. The Bertz CT molecular complexity index is 772. The molecule has 1 aliphatic heterocycles. The van der Waals surface area contributed by atoms with Crippen molar-refractivity contribution in [1.82, 2.24) is 9.97 Å². The largest absolute Gasteiger partial charge is 0.478 e. The summed E-state index contributed by atoms with van der Waals surface area (Å²) in [6.45, 7) is 1.24. The van der Waals surface area contributed by atoms with Crippen LogP contribution in [-0.4, -0.2) is 40.0 Å². The van der Waals surface area contributed by atoms with Gasteiger partial charge < -0.3 is 15.3 Å². The monoisotopic (exact) mass is 324 g/mol. The predicted octanol–water partition coefficient (Wildman–Crippen LogP) is 1.95. The molecule has 1 aliphatic rings. The summed E-state index contributed by atoms with van der Waals surface area (Å²) in [5.74, 6) is -0.518. The number of nitrogens with zero attached hydrogens (tertiary/aromatic N) is 3. The van der Waals surface area contributed by atoms with Crippen LogP contribution in [0.1, 0.15) is 16.8 Å². The standard InChI is InChI=1S/C17H16N4O3/c22-15(20-14-4-2-13(3-5-14)16(23)24)12-6-10-21(11-7-12)17-18-8-1-9-19-17/h1-6,8-9H,7,10-11H2,(H,20,22)(H,23,24). The molecule has 0 aliphatic carbocycles. The minimum atomic E-state index is -0.994. The van der Waals surface area contributed by atoms with Crippen LogP contribution < -0.4 is 10.2 Å².